The molecule has 0 unspecified atom stereocenters. The number of ketones is 1. The summed E-state index contributed by atoms with van der Waals surface area (Å²) < 4.78 is 41.0. The average Bonchev–Trinajstić information content (AvgIpc) is 3.57. The number of H-pyrrole nitrogens is 1. The Bertz CT molecular complexity index is 1740. The van der Waals surface area contributed by atoms with Gasteiger partial charge in [-0.3, -0.25) is 4.79 Å². The second-order valence-electron chi connectivity index (χ2n) is 9.05. The van der Waals surface area contributed by atoms with Crippen LogP contribution in [0.5, 0.6) is 0 Å². The zero-order valence-electron chi connectivity index (χ0n) is 19.6. The lowest BCUT2D eigenvalue weighted by molar-refractivity contribution is -0.137. The highest BCUT2D eigenvalue weighted by Crippen LogP contribution is 2.35. The Hall–Kier alpha value is -4.66. The summed E-state index contributed by atoms with van der Waals surface area (Å²) in [6.07, 6.45) is -0.788. The van der Waals surface area contributed by atoms with E-state index >= 15 is 0 Å². The molecule has 37 heavy (non-hydrogen) atoms. The molecule has 0 saturated heterocycles. The van der Waals surface area contributed by atoms with Gasteiger partial charge in [0, 0.05) is 12.0 Å². The molecular formula is C28H20F3N5O. The van der Waals surface area contributed by atoms with E-state index in [1.54, 1.807) is 24.3 Å². The molecule has 0 fully saturated rings. The standard InChI is InChI=1S/C28H20F3N5O/c1-15-34-24-8-7-22(13-25(24)35-15)36-27(32)23(14-33-36)26(37)20-10-18-6-5-17(9-19(18)11-20)16-3-2-4-21(12-16)28(29,30)31/h2-9,11-14H,10,32H2,1H3,(H,34,35). The molecule has 0 spiro atoms. The molecule has 1 aliphatic rings. The molecule has 6 rings (SSSR count). The number of benzene rings is 3. The smallest absolute Gasteiger partial charge is 0.383 e. The molecule has 0 amide bonds. The molecule has 0 saturated carbocycles. The summed E-state index contributed by atoms with van der Waals surface area (Å²) in [5, 5.41) is 4.34. The van der Waals surface area contributed by atoms with Gasteiger partial charge < -0.3 is 10.7 Å². The quantitative estimate of drug-likeness (QED) is 0.290. The Morgan fingerprint density at radius 1 is 1.05 bits per heavy atom. The molecule has 0 bridgehead atoms. The third-order valence-electron chi connectivity index (χ3n) is 6.55. The molecule has 3 N–H and O–H groups in total. The van der Waals surface area contributed by atoms with E-state index in [0.29, 0.717) is 28.8 Å². The predicted molar refractivity (Wildman–Crippen MR) is 135 cm³/mol. The monoisotopic (exact) mass is 499 g/mol. The van der Waals surface area contributed by atoms with Crippen molar-refractivity contribution in [2.24, 2.45) is 0 Å². The van der Waals surface area contributed by atoms with Crippen molar-refractivity contribution in [1.82, 2.24) is 19.7 Å². The number of rotatable bonds is 4. The van der Waals surface area contributed by atoms with E-state index in [9.17, 15) is 18.0 Å². The molecule has 9 heteroatoms. The van der Waals surface area contributed by atoms with Crippen LogP contribution in [0.1, 0.15) is 32.9 Å². The topological polar surface area (TPSA) is 89.6 Å². The van der Waals surface area contributed by atoms with Gasteiger partial charge in [-0.2, -0.15) is 18.3 Å². The minimum Gasteiger partial charge on any atom is -0.383 e. The van der Waals surface area contributed by atoms with Gasteiger partial charge in [0.2, 0.25) is 0 Å². The molecule has 1 aliphatic carbocycles. The fourth-order valence-corrected chi connectivity index (χ4v) is 4.70. The molecule has 3 aromatic carbocycles. The van der Waals surface area contributed by atoms with Crippen LogP contribution >= 0.6 is 0 Å². The summed E-state index contributed by atoms with van der Waals surface area (Å²) in [4.78, 5) is 20.9. The van der Waals surface area contributed by atoms with Crippen LogP contribution in [0, 0.1) is 6.92 Å². The molecule has 0 atom stereocenters. The molecule has 6 nitrogen and oxygen atoms in total. The summed E-state index contributed by atoms with van der Waals surface area (Å²) in [5.74, 6) is 0.779. The van der Waals surface area contributed by atoms with E-state index in [1.165, 1.54) is 16.9 Å². The minimum absolute atomic E-state index is 0.224. The highest BCUT2D eigenvalue weighted by Gasteiger charge is 2.30. The van der Waals surface area contributed by atoms with Crippen LogP contribution in [0.15, 0.2) is 72.4 Å². The first-order valence-electron chi connectivity index (χ1n) is 11.5. The summed E-state index contributed by atoms with van der Waals surface area (Å²) in [6.45, 7) is 1.87. The van der Waals surface area contributed by atoms with Gasteiger partial charge >= 0.3 is 6.18 Å². The summed E-state index contributed by atoms with van der Waals surface area (Å²) in [6, 6.07) is 16.2. The Morgan fingerprint density at radius 2 is 1.86 bits per heavy atom. The van der Waals surface area contributed by atoms with E-state index in [2.05, 4.69) is 15.1 Å². The number of nitrogen functional groups attached to an aromatic ring is 1. The predicted octanol–water partition coefficient (Wildman–Crippen LogP) is 6.15. The van der Waals surface area contributed by atoms with Crippen molar-refractivity contribution in [2.75, 3.05) is 5.73 Å². The average molecular weight is 499 g/mol. The number of anilines is 1. The third-order valence-corrected chi connectivity index (χ3v) is 6.55. The lowest BCUT2D eigenvalue weighted by Gasteiger charge is -2.10. The molecular weight excluding hydrogens is 479 g/mol. The summed E-state index contributed by atoms with van der Waals surface area (Å²) in [5.41, 5.74) is 11.6. The minimum atomic E-state index is -4.42. The van der Waals surface area contributed by atoms with Gasteiger partial charge in [-0.05, 0) is 71.7 Å². The molecule has 2 aromatic heterocycles. The summed E-state index contributed by atoms with van der Waals surface area (Å²) in [7, 11) is 0. The van der Waals surface area contributed by atoms with Gasteiger partial charge in [0.25, 0.3) is 0 Å². The van der Waals surface area contributed by atoms with Crippen LogP contribution in [-0.4, -0.2) is 25.5 Å². The number of allylic oxidation sites excluding steroid dienone is 1. The highest BCUT2D eigenvalue weighted by atomic mass is 19.4. The molecule has 184 valence electrons. The highest BCUT2D eigenvalue weighted by molar-refractivity contribution is 6.15. The number of nitrogens with one attached hydrogen (secondary N) is 1. The van der Waals surface area contributed by atoms with Crippen molar-refractivity contribution in [1.29, 1.82) is 0 Å². The Labute approximate surface area is 209 Å². The van der Waals surface area contributed by atoms with Gasteiger partial charge in [0.1, 0.15) is 11.6 Å². The maximum Gasteiger partial charge on any atom is 0.416 e. The van der Waals surface area contributed by atoms with Crippen molar-refractivity contribution in [3.05, 3.63) is 101 Å². The van der Waals surface area contributed by atoms with Crippen molar-refractivity contribution in [3.8, 4) is 16.8 Å². The van der Waals surface area contributed by atoms with Crippen molar-refractivity contribution in [2.45, 2.75) is 19.5 Å². The van der Waals surface area contributed by atoms with Gasteiger partial charge in [-0.25, -0.2) is 9.67 Å². The number of fused-ring (bicyclic) bond motifs is 2. The number of hydrogen-bond donors (Lipinski definition) is 2. The number of imidazole rings is 1. The number of halogens is 3. The molecule has 0 radical (unpaired) electrons. The number of alkyl halides is 3. The maximum atomic E-state index is 13.4. The summed E-state index contributed by atoms with van der Waals surface area (Å²) >= 11 is 0. The number of nitrogens with two attached hydrogens (primary N) is 1. The Morgan fingerprint density at radius 3 is 2.68 bits per heavy atom. The number of carbonyl (C=O) groups is 1. The van der Waals surface area contributed by atoms with Crippen LogP contribution in [-0.2, 0) is 12.6 Å². The Kier molecular flexibility index (Phi) is 5.04. The van der Waals surface area contributed by atoms with E-state index in [4.69, 9.17) is 5.73 Å². The van der Waals surface area contributed by atoms with E-state index in [-0.39, 0.29) is 17.2 Å². The first kappa shape index (κ1) is 22.8. The van der Waals surface area contributed by atoms with E-state index in [1.807, 2.05) is 31.2 Å². The lowest BCUT2D eigenvalue weighted by atomic mass is 9.98. The SMILES string of the molecule is Cc1nc2ccc(-n3ncc(C(=O)C4=Cc5cc(-c6cccc(C(F)(F)F)c6)ccc5C4)c3N)cc2[nH]1. The Balaban J connectivity index is 1.29. The second-order valence-corrected chi connectivity index (χ2v) is 9.05. The normalized spacial score (nSPS) is 13.1. The van der Waals surface area contributed by atoms with E-state index < -0.39 is 11.7 Å². The number of hydrogen-bond acceptors (Lipinski definition) is 4. The fraction of sp³-hybridized carbons (Fsp3) is 0.107. The molecule has 0 aliphatic heterocycles. The second kappa shape index (κ2) is 8.19. The van der Waals surface area contributed by atoms with Crippen molar-refractivity contribution < 1.29 is 18.0 Å². The zero-order chi connectivity index (χ0) is 25.9. The van der Waals surface area contributed by atoms with Gasteiger partial charge in [0.05, 0.1) is 34.0 Å². The van der Waals surface area contributed by atoms with Gasteiger partial charge in [0.15, 0.2) is 5.78 Å². The number of aromatic amines is 1. The van der Waals surface area contributed by atoms with Crippen LogP contribution in [0.25, 0.3) is 33.9 Å². The first-order chi connectivity index (χ1) is 17.7. The van der Waals surface area contributed by atoms with Gasteiger partial charge in [-0.1, -0.05) is 24.3 Å². The number of aryl methyl sites for hydroxylation is 1. The third kappa shape index (κ3) is 3.98. The van der Waals surface area contributed by atoms with Crippen LogP contribution in [0.4, 0.5) is 19.0 Å². The number of aromatic nitrogens is 4. The number of carbonyl (C=O) groups excluding carboxylic acids is 1. The van der Waals surface area contributed by atoms with Crippen molar-refractivity contribution >= 4 is 28.7 Å². The molecule has 5 aromatic rings. The van der Waals surface area contributed by atoms with Crippen molar-refractivity contribution in [3.63, 3.8) is 0 Å². The van der Waals surface area contributed by atoms with Gasteiger partial charge in [-0.15, -0.1) is 0 Å². The van der Waals surface area contributed by atoms with Crippen LogP contribution < -0.4 is 5.73 Å². The van der Waals surface area contributed by atoms with E-state index in [0.717, 1.165) is 40.1 Å². The van der Waals surface area contributed by atoms with Crippen LogP contribution in [0.3, 0.4) is 0 Å². The zero-order valence-corrected chi connectivity index (χ0v) is 19.6. The number of Topliss-reactive ketones (excluding diaryl/α,β-unsaturated/α-hetero) is 1. The van der Waals surface area contributed by atoms with Crippen LogP contribution in [0.2, 0.25) is 0 Å². The first-order valence-corrected chi connectivity index (χ1v) is 11.5. The number of nitrogens with zero attached hydrogens (tertiary/aromatic N) is 3. The maximum absolute atomic E-state index is 13.4. The fourth-order valence-electron chi connectivity index (χ4n) is 4.70. The molecule has 2 heterocycles. The lowest BCUT2D eigenvalue weighted by Crippen LogP contribution is -2.08. The largest absolute Gasteiger partial charge is 0.416 e.